The largest absolute Gasteiger partial charge is 0.386 e. The summed E-state index contributed by atoms with van der Waals surface area (Å²) in [6, 6.07) is 0. The molecule has 0 rings (SSSR count). The van der Waals surface area contributed by atoms with Crippen LogP contribution in [0.1, 0.15) is 6.92 Å². The van der Waals surface area contributed by atoms with Gasteiger partial charge in [0.15, 0.2) is 5.78 Å². The third-order valence-corrected chi connectivity index (χ3v) is 0.412. The molecule has 0 amide bonds. The van der Waals surface area contributed by atoms with Crippen molar-refractivity contribution in [1.29, 1.82) is 0 Å². The fourth-order valence-electron chi connectivity index (χ4n) is 0. The number of ketones is 1. The Morgan fingerprint density at radius 2 is 2.17 bits per heavy atom. The van der Waals surface area contributed by atoms with Crippen molar-refractivity contribution in [2.75, 3.05) is 0 Å². The van der Waals surface area contributed by atoms with Crippen molar-refractivity contribution in [3.05, 3.63) is 6.92 Å². The Balaban J connectivity index is 3.26. The molecule has 0 aromatic carbocycles. The molecule has 0 aliphatic heterocycles. The average Bonchev–Trinajstić information content (AvgIpc) is 1.36. The summed E-state index contributed by atoms with van der Waals surface area (Å²) in [5, 5.41) is 8.16. The van der Waals surface area contributed by atoms with Crippen LogP contribution in [-0.2, 0) is 4.79 Å². The van der Waals surface area contributed by atoms with Crippen molar-refractivity contribution < 1.29 is 9.90 Å². The molecule has 0 saturated heterocycles. The van der Waals surface area contributed by atoms with Gasteiger partial charge in [0.2, 0.25) is 0 Å². The smallest absolute Gasteiger partial charge is 0.165 e. The highest BCUT2D eigenvalue weighted by molar-refractivity contribution is 5.86. The third kappa shape index (κ3) is 1.91. The molecule has 0 aliphatic carbocycles. The molecule has 2 nitrogen and oxygen atoms in total. The van der Waals surface area contributed by atoms with Gasteiger partial charge in [-0.05, 0) is 6.92 Å². The quantitative estimate of drug-likeness (QED) is 0.473. The van der Waals surface area contributed by atoms with Gasteiger partial charge in [0.05, 0.1) is 0 Å². The van der Waals surface area contributed by atoms with E-state index in [1.54, 1.807) is 0 Å². The minimum absolute atomic E-state index is 0.685. The Morgan fingerprint density at radius 1 is 2.00 bits per heavy atom. The normalized spacial score (nSPS) is 13.8. The topological polar surface area (TPSA) is 37.3 Å². The van der Waals surface area contributed by atoms with Crippen molar-refractivity contribution in [1.82, 2.24) is 0 Å². The summed E-state index contributed by atoms with van der Waals surface area (Å²) in [6.07, 6.45) is -1.01. The van der Waals surface area contributed by atoms with Crippen LogP contribution in [-0.4, -0.2) is 17.0 Å². The van der Waals surface area contributed by atoms with Crippen LogP contribution >= 0.6 is 0 Å². The average molecular weight is 86.1 g/mol. The minimum Gasteiger partial charge on any atom is -0.386 e. The number of hydrogen-bond donors (Lipinski definition) is 1. The molecule has 0 bridgehead atoms. The van der Waals surface area contributed by atoms with Gasteiger partial charge in [0, 0.05) is 6.92 Å². The molecule has 2 radical (unpaired) electrons. The second-order valence-corrected chi connectivity index (χ2v) is 1.08. The molecule has 0 fully saturated rings. The summed E-state index contributed by atoms with van der Waals surface area (Å²) in [7, 11) is 0. The van der Waals surface area contributed by atoms with Crippen LogP contribution in [0.25, 0.3) is 0 Å². The summed E-state index contributed by atoms with van der Waals surface area (Å²) < 4.78 is 0. The molecule has 0 saturated carbocycles. The van der Waals surface area contributed by atoms with Crippen LogP contribution in [0.5, 0.6) is 0 Å². The van der Waals surface area contributed by atoms with Crippen LogP contribution < -0.4 is 0 Å². The van der Waals surface area contributed by atoms with Gasteiger partial charge in [-0.3, -0.25) is 4.79 Å². The van der Waals surface area contributed by atoms with Gasteiger partial charge in [0.1, 0.15) is 6.10 Å². The van der Waals surface area contributed by atoms with E-state index in [1.807, 2.05) is 0 Å². The van der Waals surface area contributed by atoms with Crippen molar-refractivity contribution in [2.45, 2.75) is 13.0 Å². The van der Waals surface area contributed by atoms with Crippen molar-refractivity contribution in [3.8, 4) is 0 Å². The predicted octanol–water partition coefficient (Wildman–Crippen LogP) is -0.353. The highest BCUT2D eigenvalue weighted by atomic mass is 16.3. The van der Waals surface area contributed by atoms with Crippen molar-refractivity contribution >= 4 is 5.78 Å². The molecule has 1 N–H and O–H groups in total. The molecule has 0 heterocycles. The standard InChI is InChI=1S/C4H6O2/c1-3(5)4(2)6/h1,4,6H,2H3/t4-/m0/s1. The number of aliphatic hydroxyl groups is 1. The number of aliphatic hydroxyl groups excluding tert-OH is 1. The summed E-state index contributed by atoms with van der Waals surface area (Å²) in [5.41, 5.74) is 0. The lowest BCUT2D eigenvalue weighted by Crippen LogP contribution is -2.10. The molecular formula is C4H6O2. The molecule has 34 valence electrons. The van der Waals surface area contributed by atoms with E-state index in [0.717, 1.165) is 0 Å². The van der Waals surface area contributed by atoms with Crippen LogP contribution in [0, 0.1) is 6.92 Å². The van der Waals surface area contributed by atoms with Gasteiger partial charge in [-0.1, -0.05) is 0 Å². The molecular weight excluding hydrogens is 80.0 g/mol. The summed E-state index contributed by atoms with van der Waals surface area (Å²) in [5.74, 6) is -0.685. The van der Waals surface area contributed by atoms with E-state index in [4.69, 9.17) is 5.11 Å². The molecule has 0 aromatic rings. The van der Waals surface area contributed by atoms with E-state index in [2.05, 4.69) is 6.92 Å². The van der Waals surface area contributed by atoms with Crippen LogP contribution in [0.3, 0.4) is 0 Å². The lowest BCUT2D eigenvalue weighted by molar-refractivity contribution is -0.121. The maximum Gasteiger partial charge on any atom is 0.165 e. The Hall–Kier alpha value is -0.370. The van der Waals surface area contributed by atoms with Crippen molar-refractivity contribution in [3.63, 3.8) is 0 Å². The minimum atomic E-state index is -1.01. The van der Waals surface area contributed by atoms with Gasteiger partial charge in [0.25, 0.3) is 0 Å². The lowest BCUT2D eigenvalue weighted by atomic mass is 10.3. The number of carbonyl (C=O) groups is 1. The maximum absolute atomic E-state index is 9.67. The molecule has 0 aliphatic rings. The highest BCUT2D eigenvalue weighted by Crippen LogP contribution is 1.76. The van der Waals surface area contributed by atoms with E-state index in [9.17, 15) is 4.79 Å². The zero-order valence-electron chi connectivity index (χ0n) is 3.51. The first-order chi connectivity index (χ1) is 2.64. The molecule has 1 atom stereocenters. The van der Waals surface area contributed by atoms with Gasteiger partial charge in [-0.15, -0.1) is 0 Å². The molecule has 2 heteroatoms. The number of carbonyl (C=O) groups excluding carboxylic acids is 1. The monoisotopic (exact) mass is 86.0 g/mol. The molecule has 6 heavy (non-hydrogen) atoms. The zero-order valence-corrected chi connectivity index (χ0v) is 3.51. The third-order valence-electron chi connectivity index (χ3n) is 0.412. The van der Waals surface area contributed by atoms with Crippen LogP contribution in [0.2, 0.25) is 0 Å². The zero-order chi connectivity index (χ0) is 5.15. The van der Waals surface area contributed by atoms with E-state index in [0.29, 0.717) is 0 Å². The lowest BCUT2D eigenvalue weighted by Gasteiger charge is -1.90. The molecule has 0 spiro atoms. The SMILES string of the molecule is [CH]C(=O)[C@H](C)O. The Labute approximate surface area is 36.8 Å². The number of rotatable bonds is 1. The number of hydrogen-bond acceptors (Lipinski definition) is 2. The fraction of sp³-hybridized carbons (Fsp3) is 0.500. The van der Waals surface area contributed by atoms with E-state index < -0.39 is 11.9 Å². The second kappa shape index (κ2) is 1.92. The summed E-state index contributed by atoms with van der Waals surface area (Å²) in [4.78, 5) is 9.67. The molecule has 0 unspecified atom stereocenters. The summed E-state index contributed by atoms with van der Waals surface area (Å²) >= 11 is 0. The first-order valence-corrected chi connectivity index (χ1v) is 1.62. The Morgan fingerprint density at radius 3 is 2.17 bits per heavy atom. The second-order valence-electron chi connectivity index (χ2n) is 1.08. The predicted molar refractivity (Wildman–Crippen MR) is 21.0 cm³/mol. The molecule has 0 aromatic heterocycles. The van der Waals surface area contributed by atoms with Gasteiger partial charge in [-0.25, -0.2) is 0 Å². The maximum atomic E-state index is 9.67. The summed E-state index contributed by atoms with van der Waals surface area (Å²) in [6.45, 7) is 5.87. The van der Waals surface area contributed by atoms with Crippen LogP contribution in [0.4, 0.5) is 0 Å². The Kier molecular flexibility index (Phi) is 1.81. The van der Waals surface area contributed by atoms with Gasteiger partial charge in [-0.2, -0.15) is 0 Å². The fourth-order valence-corrected chi connectivity index (χ4v) is 0. The highest BCUT2D eigenvalue weighted by Gasteiger charge is 1.97. The van der Waals surface area contributed by atoms with E-state index >= 15 is 0 Å². The number of Topliss-reactive ketones (excluding diaryl/α,β-unsaturated/α-hetero) is 1. The first-order valence-electron chi connectivity index (χ1n) is 1.62. The van der Waals surface area contributed by atoms with Gasteiger partial charge >= 0.3 is 0 Å². The van der Waals surface area contributed by atoms with E-state index in [-0.39, 0.29) is 0 Å². The van der Waals surface area contributed by atoms with E-state index in [1.165, 1.54) is 6.92 Å². The van der Waals surface area contributed by atoms with Crippen molar-refractivity contribution in [2.24, 2.45) is 0 Å². The first kappa shape index (κ1) is 5.63. The Bertz CT molecular complexity index is 56.6. The van der Waals surface area contributed by atoms with Crippen LogP contribution in [0.15, 0.2) is 0 Å². The van der Waals surface area contributed by atoms with Gasteiger partial charge < -0.3 is 5.11 Å².